The van der Waals surface area contributed by atoms with Crippen molar-refractivity contribution in [1.82, 2.24) is 5.32 Å². The van der Waals surface area contributed by atoms with Crippen molar-refractivity contribution in [1.29, 1.82) is 0 Å². The van der Waals surface area contributed by atoms with Gasteiger partial charge in [0, 0.05) is 6.54 Å². The number of carbonyl (C=O) groups is 2. The molecular formula is C19H20FNO4. The van der Waals surface area contributed by atoms with Gasteiger partial charge in [-0.25, -0.2) is 4.39 Å². The molecule has 0 aromatic heterocycles. The van der Waals surface area contributed by atoms with Crippen molar-refractivity contribution in [3.63, 3.8) is 0 Å². The van der Waals surface area contributed by atoms with Gasteiger partial charge in [-0.05, 0) is 42.3 Å². The van der Waals surface area contributed by atoms with Crippen molar-refractivity contribution in [2.24, 2.45) is 0 Å². The van der Waals surface area contributed by atoms with Gasteiger partial charge in [-0.15, -0.1) is 0 Å². The van der Waals surface area contributed by atoms with Gasteiger partial charge >= 0.3 is 5.97 Å². The lowest BCUT2D eigenvalue weighted by Gasteiger charge is -2.08. The van der Waals surface area contributed by atoms with Crippen LogP contribution < -0.4 is 10.1 Å². The first-order chi connectivity index (χ1) is 12.0. The Labute approximate surface area is 145 Å². The molecule has 0 aliphatic heterocycles. The maximum absolute atomic E-state index is 12.8. The predicted octanol–water partition coefficient (Wildman–Crippen LogP) is 2.76. The van der Waals surface area contributed by atoms with Gasteiger partial charge in [-0.3, -0.25) is 9.59 Å². The zero-order chi connectivity index (χ0) is 18.1. The average Bonchev–Trinajstić information content (AvgIpc) is 2.59. The predicted molar refractivity (Wildman–Crippen MR) is 90.5 cm³/mol. The first-order valence-electron chi connectivity index (χ1n) is 7.89. The zero-order valence-corrected chi connectivity index (χ0v) is 14.0. The molecule has 0 heterocycles. The summed E-state index contributed by atoms with van der Waals surface area (Å²) in [4.78, 5) is 23.2. The molecule has 0 bridgehead atoms. The van der Waals surface area contributed by atoms with Crippen molar-refractivity contribution in [3.8, 4) is 5.75 Å². The Morgan fingerprint density at radius 1 is 1.12 bits per heavy atom. The van der Waals surface area contributed by atoms with Crippen molar-refractivity contribution in [3.05, 3.63) is 65.5 Å². The van der Waals surface area contributed by atoms with Gasteiger partial charge in [-0.2, -0.15) is 0 Å². The molecule has 2 rings (SSSR count). The summed E-state index contributed by atoms with van der Waals surface area (Å²) in [6.45, 7) is 2.02. The lowest BCUT2D eigenvalue weighted by Crippen LogP contribution is -2.28. The van der Waals surface area contributed by atoms with E-state index in [-0.39, 0.29) is 32.0 Å². The third-order valence-electron chi connectivity index (χ3n) is 3.33. The number of rotatable bonds is 8. The third kappa shape index (κ3) is 7.03. The molecule has 5 nitrogen and oxygen atoms in total. The van der Waals surface area contributed by atoms with E-state index in [9.17, 15) is 14.0 Å². The number of hydrogen-bond acceptors (Lipinski definition) is 4. The molecule has 1 N–H and O–H groups in total. The molecule has 0 aliphatic rings. The largest absolute Gasteiger partial charge is 0.493 e. The molecular weight excluding hydrogens is 325 g/mol. The summed E-state index contributed by atoms with van der Waals surface area (Å²) in [7, 11) is 0. The monoisotopic (exact) mass is 345 g/mol. The average molecular weight is 345 g/mol. The molecule has 2 aromatic carbocycles. The highest BCUT2D eigenvalue weighted by Crippen LogP contribution is 2.12. The van der Waals surface area contributed by atoms with E-state index in [1.54, 1.807) is 18.2 Å². The Balaban J connectivity index is 1.60. The lowest BCUT2D eigenvalue weighted by atomic mass is 10.2. The minimum atomic E-state index is -0.510. The van der Waals surface area contributed by atoms with E-state index in [1.807, 2.05) is 25.1 Å². The van der Waals surface area contributed by atoms with Crippen LogP contribution in [0.25, 0.3) is 0 Å². The van der Waals surface area contributed by atoms with Crippen LogP contribution in [-0.2, 0) is 20.9 Å². The summed E-state index contributed by atoms with van der Waals surface area (Å²) in [5.74, 6) is -0.580. The summed E-state index contributed by atoms with van der Waals surface area (Å²) in [5.41, 5.74) is 1.82. The smallest absolute Gasteiger partial charge is 0.309 e. The highest BCUT2D eigenvalue weighted by molar-refractivity contribution is 5.80. The molecule has 0 atom stereocenters. The number of benzene rings is 2. The Morgan fingerprint density at radius 2 is 1.88 bits per heavy atom. The standard InChI is InChI=1S/C19H20FNO4/c1-14-3-2-4-17(11-14)24-10-9-19(23)25-13-18(22)21-12-15-5-7-16(20)8-6-15/h2-8,11H,9-10,12-13H2,1H3,(H,21,22). The Morgan fingerprint density at radius 3 is 2.60 bits per heavy atom. The molecule has 0 saturated carbocycles. The number of ether oxygens (including phenoxy) is 2. The van der Waals surface area contributed by atoms with Crippen LogP contribution in [0.3, 0.4) is 0 Å². The van der Waals surface area contributed by atoms with Crippen LogP contribution in [0.1, 0.15) is 17.5 Å². The number of aryl methyl sites for hydroxylation is 1. The van der Waals surface area contributed by atoms with Gasteiger partial charge in [-0.1, -0.05) is 24.3 Å². The van der Waals surface area contributed by atoms with Crippen LogP contribution in [0.5, 0.6) is 5.75 Å². The number of nitrogens with one attached hydrogen (secondary N) is 1. The van der Waals surface area contributed by atoms with E-state index < -0.39 is 11.9 Å². The topological polar surface area (TPSA) is 64.6 Å². The number of halogens is 1. The first kappa shape index (κ1) is 18.4. The maximum atomic E-state index is 12.8. The number of esters is 1. The van der Waals surface area contributed by atoms with Gasteiger partial charge in [0.2, 0.25) is 0 Å². The fourth-order valence-corrected chi connectivity index (χ4v) is 2.03. The van der Waals surface area contributed by atoms with Gasteiger partial charge in [0.05, 0.1) is 13.0 Å². The zero-order valence-electron chi connectivity index (χ0n) is 14.0. The van der Waals surface area contributed by atoms with Crippen LogP contribution >= 0.6 is 0 Å². The fourth-order valence-electron chi connectivity index (χ4n) is 2.03. The van der Waals surface area contributed by atoms with Gasteiger partial charge in [0.1, 0.15) is 11.6 Å². The van der Waals surface area contributed by atoms with Crippen molar-refractivity contribution in [2.75, 3.05) is 13.2 Å². The molecule has 0 aliphatic carbocycles. The third-order valence-corrected chi connectivity index (χ3v) is 3.33. The van der Waals surface area contributed by atoms with Crippen LogP contribution in [0.2, 0.25) is 0 Å². The molecule has 2 aromatic rings. The summed E-state index contributed by atoms with van der Waals surface area (Å²) in [6, 6.07) is 13.3. The highest BCUT2D eigenvalue weighted by atomic mass is 19.1. The summed E-state index contributed by atoms with van der Waals surface area (Å²) >= 11 is 0. The van der Waals surface area contributed by atoms with E-state index >= 15 is 0 Å². The van der Waals surface area contributed by atoms with E-state index in [0.717, 1.165) is 11.1 Å². The Bertz CT molecular complexity index is 716. The number of amides is 1. The lowest BCUT2D eigenvalue weighted by molar-refractivity contribution is -0.149. The molecule has 1 amide bonds. The summed E-state index contributed by atoms with van der Waals surface area (Å²) in [6.07, 6.45) is 0.0547. The van der Waals surface area contributed by atoms with Crippen LogP contribution in [0, 0.1) is 12.7 Å². The van der Waals surface area contributed by atoms with E-state index in [1.165, 1.54) is 12.1 Å². The summed E-state index contributed by atoms with van der Waals surface area (Å²) < 4.78 is 23.1. The number of carbonyl (C=O) groups excluding carboxylic acids is 2. The van der Waals surface area contributed by atoms with Gasteiger partial charge in [0.25, 0.3) is 5.91 Å². The second-order valence-electron chi connectivity index (χ2n) is 5.48. The molecule has 132 valence electrons. The minimum Gasteiger partial charge on any atom is -0.493 e. The first-order valence-corrected chi connectivity index (χ1v) is 7.89. The molecule has 0 fully saturated rings. The SMILES string of the molecule is Cc1cccc(OCCC(=O)OCC(=O)NCc2ccc(F)cc2)c1. The fraction of sp³-hybridized carbons (Fsp3) is 0.263. The highest BCUT2D eigenvalue weighted by Gasteiger charge is 2.08. The van der Waals surface area contributed by atoms with Gasteiger partial charge in [0.15, 0.2) is 6.61 Å². The van der Waals surface area contributed by atoms with Crippen molar-refractivity contribution < 1.29 is 23.5 Å². The molecule has 0 radical (unpaired) electrons. The molecule has 6 heteroatoms. The second kappa shape index (κ2) is 9.42. The van der Waals surface area contributed by atoms with Crippen LogP contribution in [0.15, 0.2) is 48.5 Å². The Kier molecular flexibility index (Phi) is 6.95. The van der Waals surface area contributed by atoms with Crippen LogP contribution in [0.4, 0.5) is 4.39 Å². The van der Waals surface area contributed by atoms with E-state index in [4.69, 9.17) is 9.47 Å². The van der Waals surface area contributed by atoms with Crippen LogP contribution in [-0.4, -0.2) is 25.1 Å². The van der Waals surface area contributed by atoms with Crippen molar-refractivity contribution >= 4 is 11.9 Å². The molecule has 25 heavy (non-hydrogen) atoms. The second-order valence-corrected chi connectivity index (χ2v) is 5.48. The minimum absolute atomic E-state index is 0.0547. The van der Waals surface area contributed by atoms with Gasteiger partial charge < -0.3 is 14.8 Å². The molecule has 0 unspecified atom stereocenters. The normalized spacial score (nSPS) is 10.2. The van der Waals surface area contributed by atoms with E-state index in [0.29, 0.717) is 5.75 Å². The molecule has 0 spiro atoms. The molecule has 0 saturated heterocycles. The quantitative estimate of drug-likeness (QED) is 0.747. The Hall–Kier alpha value is -2.89. The van der Waals surface area contributed by atoms with E-state index in [2.05, 4.69) is 5.32 Å². The maximum Gasteiger partial charge on any atom is 0.309 e. The summed E-state index contributed by atoms with van der Waals surface area (Å²) in [5, 5.41) is 2.59. The number of hydrogen-bond donors (Lipinski definition) is 1. The van der Waals surface area contributed by atoms with Crippen molar-refractivity contribution in [2.45, 2.75) is 19.9 Å².